The molecule has 9 atom stereocenters. The highest BCUT2D eigenvalue weighted by Gasteiger charge is 2.44. The fourth-order valence-corrected chi connectivity index (χ4v) is 7.35. The fraction of sp³-hybridized carbons (Fsp3) is 0.811. The Kier molecular flexibility index (Phi) is 17.9. The molecule has 0 aromatic rings. The predicted octanol–water partition coefficient (Wildman–Crippen LogP) is 3.82. The van der Waals surface area contributed by atoms with Crippen molar-refractivity contribution in [2.45, 2.75) is 135 Å². The Balaban J connectivity index is 2.37. The number of hydrogen-bond acceptors (Lipinski definition) is 8. The highest BCUT2D eigenvalue weighted by atomic mass is 16.5. The number of Topliss-reactive ketones (excluding diaryl/α,β-unsaturated/α-hetero) is 1. The van der Waals surface area contributed by atoms with Crippen molar-refractivity contribution in [3.8, 4) is 0 Å². The highest BCUT2D eigenvalue weighted by Crippen LogP contribution is 2.30. The molecule has 0 bridgehead atoms. The number of carboxylic acid groups (broad SMARTS) is 1. The van der Waals surface area contributed by atoms with Crippen LogP contribution in [0.5, 0.6) is 0 Å². The first-order valence-corrected chi connectivity index (χ1v) is 18.2. The van der Waals surface area contributed by atoms with E-state index < -0.39 is 48.1 Å². The van der Waals surface area contributed by atoms with E-state index in [0.29, 0.717) is 25.8 Å². The number of carboxylic acids is 1. The Bertz CT molecular complexity index is 1130. The molecule has 3 N–H and O–H groups in total. The molecule has 2 aliphatic rings. The van der Waals surface area contributed by atoms with Crippen LogP contribution in [0.2, 0.25) is 0 Å². The normalized spacial score (nSPS) is 26.2. The molecule has 2 rings (SSSR count). The minimum atomic E-state index is -1.01. The summed E-state index contributed by atoms with van der Waals surface area (Å²) in [6.45, 7) is 10.0. The van der Waals surface area contributed by atoms with Gasteiger partial charge in [0, 0.05) is 40.2 Å². The van der Waals surface area contributed by atoms with Gasteiger partial charge in [-0.15, -0.1) is 0 Å². The standard InChI is InChI=1S/C37H64N4O8/c1-10-24(4)33(31(48-8)22-32(43)44)39-35(45)25(5)34(49-9)28-19-16-20-41(28)37(47)29-18-15-13-11-12-14-17-27(38-6)30(42)21-26(23(2)3)36(46)40(29)7/h13,15,23-29,31,33-34,38H,10-12,14,16-22H2,1-9H3,(H,39,45)(H,43,44)/t24-,25+,26-,27-,28-,29-,31+,33-,34+/m0/s1. The summed E-state index contributed by atoms with van der Waals surface area (Å²) < 4.78 is 11.5. The molecule has 1 saturated heterocycles. The van der Waals surface area contributed by atoms with Crippen molar-refractivity contribution in [3.05, 3.63) is 12.2 Å². The number of nitrogens with zero attached hydrogens (tertiary/aromatic N) is 2. The van der Waals surface area contributed by atoms with E-state index in [1.807, 2.05) is 33.8 Å². The van der Waals surface area contributed by atoms with E-state index in [1.54, 1.807) is 25.9 Å². The van der Waals surface area contributed by atoms with Crippen molar-refractivity contribution in [3.63, 3.8) is 0 Å². The molecule has 12 nitrogen and oxygen atoms in total. The van der Waals surface area contributed by atoms with E-state index in [9.17, 15) is 29.1 Å². The lowest BCUT2D eigenvalue weighted by atomic mass is 9.86. The number of aliphatic carboxylic acids is 1. The van der Waals surface area contributed by atoms with Gasteiger partial charge < -0.3 is 35.0 Å². The first-order valence-electron chi connectivity index (χ1n) is 18.2. The number of likely N-dealkylation sites (tertiary alicyclic amines) is 1. The van der Waals surface area contributed by atoms with Crippen molar-refractivity contribution in [2.24, 2.45) is 23.7 Å². The second-order valence-electron chi connectivity index (χ2n) is 14.3. The van der Waals surface area contributed by atoms with Gasteiger partial charge in [0.05, 0.1) is 42.7 Å². The van der Waals surface area contributed by atoms with Gasteiger partial charge in [0.25, 0.3) is 0 Å². The van der Waals surface area contributed by atoms with Crippen LogP contribution in [0.15, 0.2) is 12.2 Å². The summed E-state index contributed by atoms with van der Waals surface area (Å²) in [6, 6.07) is -2.02. The molecule has 0 radical (unpaired) electrons. The topological polar surface area (TPSA) is 155 Å². The van der Waals surface area contributed by atoms with Gasteiger partial charge in [-0.2, -0.15) is 0 Å². The first kappa shape index (κ1) is 42.3. The molecule has 0 unspecified atom stereocenters. The van der Waals surface area contributed by atoms with Gasteiger partial charge in [-0.1, -0.05) is 59.6 Å². The molecule has 2 heterocycles. The molecule has 49 heavy (non-hydrogen) atoms. The lowest BCUT2D eigenvalue weighted by Crippen LogP contribution is -2.57. The monoisotopic (exact) mass is 692 g/mol. The molecule has 2 aliphatic heterocycles. The Morgan fingerprint density at radius 1 is 1.02 bits per heavy atom. The SMILES string of the molecule is CC[C@H](C)[C@H](NC(=O)[C@H](C)[C@@H](OC)[C@@H]1CCCN1C(=O)[C@@H]1CC=CCCCC[C@H](NC)C(=O)C[C@@H](C(C)C)C(=O)N1C)[C@@H](CC(=O)O)OC. The maximum absolute atomic E-state index is 14.5. The average Bonchev–Trinajstić information content (AvgIpc) is 3.55. The van der Waals surface area contributed by atoms with Crippen LogP contribution < -0.4 is 10.6 Å². The van der Waals surface area contributed by atoms with Gasteiger partial charge in [0.15, 0.2) is 5.78 Å². The first-order chi connectivity index (χ1) is 23.2. The molecule has 0 aromatic carbocycles. The number of amides is 3. The van der Waals surface area contributed by atoms with Crippen LogP contribution in [0.25, 0.3) is 0 Å². The molecule has 1 fully saturated rings. The van der Waals surface area contributed by atoms with Gasteiger partial charge in [-0.25, -0.2) is 0 Å². The summed E-state index contributed by atoms with van der Waals surface area (Å²) in [5, 5.41) is 15.6. The Labute approximate surface area is 294 Å². The summed E-state index contributed by atoms with van der Waals surface area (Å²) in [6.07, 6.45) is 8.30. The van der Waals surface area contributed by atoms with Gasteiger partial charge in [0.1, 0.15) is 6.04 Å². The number of ether oxygens (including phenoxy) is 2. The number of carbonyl (C=O) groups is 5. The maximum atomic E-state index is 14.5. The molecule has 0 spiro atoms. The fourth-order valence-electron chi connectivity index (χ4n) is 7.35. The Hall–Kier alpha value is -2.83. The average molecular weight is 693 g/mol. The zero-order chi connectivity index (χ0) is 36.8. The van der Waals surface area contributed by atoms with Gasteiger partial charge in [-0.3, -0.25) is 24.0 Å². The molecular formula is C37H64N4O8. The van der Waals surface area contributed by atoms with Gasteiger partial charge in [-0.05, 0) is 57.4 Å². The lowest BCUT2D eigenvalue weighted by Gasteiger charge is -2.39. The Morgan fingerprint density at radius 3 is 2.29 bits per heavy atom. The summed E-state index contributed by atoms with van der Waals surface area (Å²) in [4.78, 5) is 70.4. The Morgan fingerprint density at radius 2 is 1.71 bits per heavy atom. The van der Waals surface area contributed by atoms with Crippen LogP contribution >= 0.6 is 0 Å². The maximum Gasteiger partial charge on any atom is 0.306 e. The summed E-state index contributed by atoms with van der Waals surface area (Å²) >= 11 is 0. The highest BCUT2D eigenvalue weighted by molar-refractivity contribution is 5.93. The van der Waals surface area contributed by atoms with Crippen LogP contribution in [0.1, 0.15) is 98.8 Å². The predicted molar refractivity (Wildman–Crippen MR) is 189 cm³/mol. The van der Waals surface area contributed by atoms with Crippen LogP contribution in [0.4, 0.5) is 0 Å². The second-order valence-corrected chi connectivity index (χ2v) is 14.3. The summed E-state index contributed by atoms with van der Waals surface area (Å²) in [7, 11) is 6.42. The number of rotatable bonds is 14. The molecule has 12 heteroatoms. The molecule has 0 saturated carbocycles. The number of methoxy groups -OCH3 is 2. The molecule has 3 amide bonds. The van der Waals surface area contributed by atoms with Crippen LogP contribution in [-0.2, 0) is 33.4 Å². The van der Waals surface area contributed by atoms with E-state index >= 15 is 0 Å². The van der Waals surface area contributed by atoms with Crippen molar-refractivity contribution in [1.29, 1.82) is 0 Å². The van der Waals surface area contributed by atoms with E-state index in [0.717, 1.165) is 32.1 Å². The minimum Gasteiger partial charge on any atom is -0.481 e. The van der Waals surface area contributed by atoms with Gasteiger partial charge in [0.2, 0.25) is 17.7 Å². The molecule has 0 aromatic heterocycles. The third-order valence-corrected chi connectivity index (χ3v) is 10.8. The summed E-state index contributed by atoms with van der Waals surface area (Å²) in [5.41, 5.74) is 0. The lowest BCUT2D eigenvalue weighted by molar-refractivity contribution is -0.151. The smallest absolute Gasteiger partial charge is 0.306 e. The van der Waals surface area contributed by atoms with Crippen molar-refractivity contribution in [2.75, 3.05) is 34.9 Å². The number of ketones is 1. The van der Waals surface area contributed by atoms with Gasteiger partial charge >= 0.3 is 5.97 Å². The van der Waals surface area contributed by atoms with Crippen molar-refractivity contribution >= 4 is 29.5 Å². The largest absolute Gasteiger partial charge is 0.481 e. The zero-order valence-electron chi connectivity index (χ0n) is 31.4. The van der Waals surface area contributed by atoms with E-state index in [4.69, 9.17) is 9.47 Å². The second kappa shape index (κ2) is 20.7. The number of allylic oxidation sites excluding steroid dienone is 1. The number of hydrogen-bond donors (Lipinski definition) is 3. The number of likely N-dealkylation sites (N-methyl/N-ethyl adjacent to an activating group) is 2. The third kappa shape index (κ3) is 11.6. The quantitative estimate of drug-likeness (QED) is 0.231. The third-order valence-electron chi connectivity index (χ3n) is 10.8. The minimum absolute atomic E-state index is 0.0172. The molecule has 0 aliphatic carbocycles. The van der Waals surface area contributed by atoms with Crippen LogP contribution in [-0.4, -0.2) is 116 Å². The summed E-state index contributed by atoms with van der Waals surface area (Å²) in [5.74, 6) is -3.10. The van der Waals surface area contributed by atoms with Crippen LogP contribution in [0, 0.1) is 23.7 Å². The van der Waals surface area contributed by atoms with Crippen LogP contribution in [0.3, 0.4) is 0 Å². The molecular weight excluding hydrogens is 628 g/mol. The van der Waals surface area contributed by atoms with E-state index in [2.05, 4.69) is 16.7 Å². The van der Waals surface area contributed by atoms with Crippen molar-refractivity contribution in [1.82, 2.24) is 20.4 Å². The zero-order valence-corrected chi connectivity index (χ0v) is 31.4. The van der Waals surface area contributed by atoms with E-state index in [-0.39, 0.29) is 54.2 Å². The van der Waals surface area contributed by atoms with E-state index in [1.165, 1.54) is 19.1 Å². The molecule has 280 valence electrons. The number of carbonyl (C=O) groups excluding carboxylic acids is 4. The van der Waals surface area contributed by atoms with Crippen molar-refractivity contribution < 1.29 is 38.6 Å². The number of nitrogens with one attached hydrogen (secondary N) is 2.